The molecule has 0 aromatic rings. The molecule has 1 fully saturated rings. The topological polar surface area (TPSA) is 232 Å². The summed E-state index contributed by atoms with van der Waals surface area (Å²) < 4.78 is 0. The minimum absolute atomic E-state index is 0.0323. The lowest BCUT2D eigenvalue weighted by Crippen LogP contribution is -2.56. The third kappa shape index (κ3) is 10.8. The van der Waals surface area contributed by atoms with E-state index in [1.807, 2.05) is 13.8 Å². The van der Waals surface area contributed by atoms with Crippen molar-refractivity contribution in [2.45, 2.75) is 89.4 Å². The number of likely N-dealkylation sites (tertiary alicyclic amines) is 1. The van der Waals surface area contributed by atoms with Crippen molar-refractivity contribution in [1.29, 1.82) is 0 Å². The molecule has 0 bridgehead atoms. The van der Waals surface area contributed by atoms with E-state index in [9.17, 15) is 24.3 Å². The van der Waals surface area contributed by atoms with Crippen molar-refractivity contribution in [1.82, 2.24) is 15.5 Å². The maximum absolute atomic E-state index is 13.2. The number of rotatable bonds is 16. The molecular weight excluding hydrogens is 468 g/mol. The van der Waals surface area contributed by atoms with Crippen molar-refractivity contribution >= 4 is 29.7 Å². The maximum atomic E-state index is 13.2. The molecule has 0 radical (unpaired) electrons. The zero-order chi connectivity index (χ0) is 27.3. The van der Waals surface area contributed by atoms with Gasteiger partial charge in [0.1, 0.15) is 18.1 Å². The number of amides is 3. The van der Waals surface area contributed by atoms with Gasteiger partial charge in [-0.05, 0) is 63.8 Å². The predicted molar refractivity (Wildman–Crippen MR) is 136 cm³/mol. The van der Waals surface area contributed by atoms with Crippen LogP contribution in [-0.2, 0) is 19.2 Å². The van der Waals surface area contributed by atoms with Gasteiger partial charge >= 0.3 is 5.97 Å². The van der Waals surface area contributed by atoms with Crippen molar-refractivity contribution in [2.24, 2.45) is 33.8 Å². The van der Waals surface area contributed by atoms with Crippen LogP contribution < -0.4 is 33.6 Å². The van der Waals surface area contributed by atoms with Crippen LogP contribution in [0.5, 0.6) is 0 Å². The Morgan fingerprint density at radius 2 is 1.75 bits per heavy atom. The number of nitrogens with one attached hydrogen (secondary N) is 2. The van der Waals surface area contributed by atoms with E-state index >= 15 is 0 Å². The SMILES string of the molecule is CC(C)CC(NC(=O)C(CCCCN)NC(=O)C1CCCN1C(=O)C(N)CCCN=C(N)N)C(=O)O. The molecule has 1 rings (SSSR count). The predicted octanol–water partition coefficient (Wildman–Crippen LogP) is -1.41. The minimum Gasteiger partial charge on any atom is -0.480 e. The van der Waals surface area contributed by atoms with Gasteiger partial charge in [0.15, 0.2) is 5.96 Å². The van der Waals surface area contributed by atoms with E-state index in [0.29, 0.717) is 64.6 Å². The smallest absolute Gasteiger partial charge is 0.326 e. The molecule has 1 heterocycles. The van der Waals surface area contributed by atoms with Gasteiger partial charge in [-0.15, -0.1) is 0 Å². The number of aliphatic imine (C=N–C) groups is 1. The molecule has 0 aromatic carbocycles. The summed E-state index contributed by atoms with van der Waals surface area (Å²) >= 11 is 0. The summed E-state index contributed by atoms with van der Waals surface area (Å²) in [7, 11) is 0. The van der Waals surface area contributed by atoms with E-state index in [2.05, 4.69) is 15.6 Å². The number of guanidine groups is 1. The van der Waals surface area contributed by atoms with Crippen LogP contribution in [0.2, 0.25) is 0 Å². The molecule has 36 heavy (non-hydrogen) atoms. The highest BCUT2D eigenvalue weighted by molar-refractivity contribution is 5.94. The Bertz CT molecular complexity index is 772. The van der Waals surface area contributed by atoms with E-state index in [1.165, 1.54) is 4.90 Å². The zero-order valence-corrected chi connectivity index (χ0v) is 21.4. The molecule has 4 unspecified atom stereocenters. The Hall–Kier alpha value is -2.93. The summed E-state index contributed by atoms with van der Waals surface area (Å²) in [5, 5.41) is 14.8. The lowest BCUT2D eigenvalue weighted by molar-refractivity contribution is -0.143. The number of carboxylic acids is 1. The summed E-state index contributed by atoms with van der Waals surface area (Å²) in [4.78, 5) is 55.9. The number of nitrogens with zero attached hydrogens (tertiary/aromatic N) is 2. The van der Waals surface area contributed by atoms with Gasteiger partial charge in [0.2, 0.25) is 17.7 Å². The number of hydrogen-bond acceptors (Lipinski definition) is 7. The van der Waals surface area contributed by atoms with Gasteiger partial charge in [-0.3, -0.25) is 19.4 Å². The van der Waals surface area contributed by atoms with E-state index in [4.69, 9.17) is 22.9 Å². The highest BCUT2D eigenvalue weighted by Crippen LogP contribution is 2.20. The zero-order valence-electron chi connectivity index (χ0n) is 21.4. The Morgan fingerprint density at radius 1 is 1.06 bits per heavy atom. The second-order valence-corrected chi connectivity index (χ2v) is 9.62. The van der Waals surface area contributed by atoms with Crippen LogP contribution in [-0.4, -0.2) is 83.5 Å². The molecule has 0 saturated carbocycles. The molecule has 0 aliphatic carbocycles. The molecule has 4 atom stereocenters. The average molecular weight is 513 g/mol. The van der Waals surface area contributed by atoms with Gasteiger partial charge in [-0.2, -0.15) is 0 Å². The van der Waals surface area contributed by atoms with Crippen molar-refractivity contribution < 1.29 is 24.3 Å². The number of carbonyl (C=O) groups excluding carboxylic acids is 3. The third-order valence-corrected chi connectivity index (χ3v) is 6.02. The molecule has 3 amide bonds. The van der Waals surface area contributed by atoms with Crippen LogP contribution in [0, 0.1) is 5.92 Å². The highest BCUT2D eigenvalue weighted by Gasteiger charge is 2.37. The summed E-state index contributed by atoms with van der Waals surface area (Å²) in [6.07, 6.45) is 3.73. The molecule has 1 saturated heterocycles. The first-order chi connectivity index (χ1) is 17.0. The van der Waals surface area contributed by atoms with Gasteiger partial charge in [-0.1, -0.05) is 13.8 Å². The lowest BCUT2D eigenvalue weighted by Gasteiger charge is -2.29. The highest BCUT2D eigenvalue weighted by atomic mass is 16.4. The van der Waals surface area contributed by atoms with Gasteiger partial charge in [0, 0.05) is 13.1 Å². The maximum Gasteiger partial charge on any atom is 0.326 e. The van der Waals surface area contributed by atoms with Crippen LogP contribution in [0.4, 0.5) is 0 Å². The molecule has 1 aliphatic heterocycles. The fraction of sp³-hybridized carbons (Fsp3) is 0.783. The fourth-order valence-corrected chi connectivity index (χ4v) is 4.15. The molecule has 206 valence electrons. The second kappa shape index (κ2) is 15.9. The van der Waals surface area contributed by atoms with Gasteiger partial charge < -0.3 is 43.6 Å². The van der Waals surface area contributed by atoms with Crippen LogP contribution >= 0.6 is 0 Å². The summed E-state index contributed by atoms with van der Waals surface area (Å²) in [5.74, 6) is -2.48. The van der Waals surface area contributed by atoms with Gasteiger partial charge in [0.25, 0.3) is 0 Å². The van der Waals surface area contributed by atoms with Crippen molar-refractivity contribution in [3.8, 4) is 0 Å². The largest absolute Gasteiger partial charge is 0.480 e. The summed E-state index contributed by atoms with van der Waals surface area (Å²) in [6, 6.07) is -3.56. The van der Waals surface area contributed by atoms with E-state index in [1.54, 1.807) is 0 Å². The first-order valence-corrected chi connectivity index (χ1v) is 12.6. The molecule has 13 heteroatoms. The molecule has 13 nitrogen and oxygen atoms in total. The Labute approximate surface area is 212 Å². The standard InChI is InChI=1S/C23H44N8O5/c1-14(2)13-17(22(35)36)30-19(32)16(8-3-4-10-24)29-20(33)18-9-6-12-31(18)21(34)15(25)7-5-11-28-23(26)27/h14-18H,3-13,24-25H2,1-2H3,(H,29,33)(H,30,32)(H,35,36)(H4,26,27,28). The normalized spacial score (nSPS) is 17.8. The van der Waals surface area contributed by atoms with Gasteiger partial charge in [0.05, 0.1) is 6.04 Å². The molecule has 0 aromatic heterocycles. The van der Waals surface area contributed by atoms with Crippen LogP contribution in [0.25, 0.3) is 0 Å². The molecule has 11 N–H and O–H groups in total. The Balaban J connectivity index is 2.85. The minimum atomic E-state index is -1.13. The number of unbranched alkanes of at least 4 members (excludes halogenated alkanes) is 1. The first kappa shape index (κ1) is 31.1. The second-order valence-electron chi connectivity index (χ2n) is 9.62. The Kier molecular flexibility index (Phi) is 13.8. The summed E-state index contributed by atoms with van der Waals surface area (Å²) in [5.41, 5.74) is 22.2. The van der Waals surface area contributed by atoms with E-state index < -0.39 is 42.0 Å². The summed E-state index contributed by atoms with van der Waals surface area (Å²) in [6.45, 7) is 4.89. The number of hydrogen-bond donors (Lipinski definition) is 7. The number of carbonyl (C=O) groups is 4. The molecule has 1 aliphatic rings. The van der Waals surface area contributed by atoms with Crippen LogP contribution in [0.1, 0.15) is 65.2 Å². The van der Waals surface area contributed by atoms with Crippen molar-refractivity contribution in [2.75, 3.05) is 19.6 Å². The van der Waals surface area contributed by atoms with Crippen molar-refractivity contribution in [3.05, 3.63) is 0 Å². The Morgan fingerprint density at radius 3 is 2.33 bits per heavy atom. The quantitative estimate of drug-likeness (QED) is 0.0729. The fourth-order valence-electron chi connectivity index (χ4n) is 4.15. The monoisotopic (exact) mass is 512 g/mol. The molecule has 0 spiro atoms. The first-order valence-electron chi connectivity index (χ1n) is 12.6. The number of carboxylic acid groups (broad SMARTS) is 1. The number of aliphatic carboxylic acids is 1. The van der Waals surface area contributed by atoms with E-state index in [-0.39, 0.29) is 24.2 Å². The molecular formula is C23H44N8O5. The van der Waals surface area contributed by atoms with Crippen LogP contribution in [0.15, 0.2) is 4.99 Å². The average Bonchev–Trinajstić information content (AvgIpc) is 3.29. The van der Waals surface area contributed by atoms with Crippen LogP contribution in [0.3, 0.4) is 0 Å². The van der Waals surface area contributed by atoms with Crippen molar-refractivity contribution in [3.63, 3.8) is 0 Å². The number of nitrogens with two attached hydrogens (primary N) is 4. The third-order valence-electron chi connectivity index (χ3n) is 6.02. The van der Waals surface area contributed by atoms with Gasteiger partial charge in [-0.25, -0.2) is 4.79 Å². The van der Waals surface area contributed by atoms with E-state index in [0.717, 1.165) is 0 Å². The lowest BCUT2D eigenvalue weighted by atomic mass is 10.0.